The average Bonchev–Trinajstić information content (AvgIpc) is 2.68. The standard InChI is InChI=1S/C22H23N3O2S/c1-14-22(25-20-7-5-4-6-19(20)24-14)28-15(2)21(27)18-10-8-17(9-11-18)12-13-23-16(3)26/h4-11,15H,12-13H2,1-3H3,(H,23,26). The van der Waals surface area contributed by atoms with E-state index < -0.39 is 0 Å². The lowest BCUT2D eigenvalue weighted by molar-refractivity contribution is -0.118. The molecule has 0 bridgehead atoms. The van der Waals surface area contributed by atoms with Crippen molar-refractivity contribution in [1.29, 1.82) is 0 Å². The van der Waals surface area contributed by atoms with Crippen molar-refractivity contribution in [2.75, 3.05) is 6.54 Å². The highest BCUT2D eigenvalue weighted by atomic mass is 32.2. The van der Waals surface area contributed by atoms with Gasteiger partial charge in [0.25, 0.3) is 0 Å². The maximum atomic E-state index is 12.8. The van der Waals surface area contributed by atoms with Gasteiger partial charge >= 0.3 is 0 Å². The fraction of sp³-hybridized carbons (Fsp3) is 0.273. The zero-order valence-electron chi connectivity index (χ0n) is 16.2. The van der Waals surface area contributed by atoms with Gasteiger partial charge in [-0.05, 0) is 38.0 Å². The summed E-state index contributed by atoms with van der Waals surface area (Å²) in [5.41, 5.74) is 4.28. The third-order valence-corrected chi connectivity index (χ3v) is 5.56. The number of carbonyl (C=O) groups is 2. The molecule has 0 aliphatic carbocycles. The van der Waals surface area contributed by atoms with Crippen LogP contribution in [-0.4, -0.2) is 33.5 Å². The minimum absolute atomic E-state index is 0.0373. The molecule has 1 atom stereocenters. The number of hydrogen-bond donors (Lipinski definition) is 1. The molecule has 0 saturated carbocycles. The number of nitrogens with one attached hydrogen (secondary N) is 1. The number of para-hydroxylation sites is 2. The molecule has 0 radical (unpaired) electrons. The highest BCUT2D eigenvalue weighted by molar-refractivity contribution is 8.00. The third-order valence-electron chi connectivity index (χ3n) is 4.39. The second-order valence-electron chi connectivity index (χ2n) is 6.66. The van der Waals surface area contributed by atoms with Gasteiger partial charge in [0.1, 0.15) is 5.03 Å². The van der Waals surface area contributed by atoms with Crippen LogP contribution < -0.4 is 5.32 Å². The molecule has 28 heavy (non-hydrogen) atoms. The van der Waals surface area contributed by atoms with Crippen LogP contribution in [-0.2, 0) is 11.2 Å². The summed E-state index contributed by atoms with van der Waals surface area (Å²) in [6, 6.07) is 15.3. The fourth-order valence-electron chi connectivity index (χ4n) is 2.86. The third kappa shape index (κ3) is 4.95. The number of benzene rings is 2. The summed E-state index contributed by atoms with van der Waals surface area (Å²) in [5.74, 6) is 0.0255. The maximum Gasteiger partial charge on any atom is 0.216 e. The van der Waals surface area contributed by atoms with Gasteiger partial charge < -0.3 is 5.32 Å². The molecule has 0 spiro atoms. The van der Waals surface area contributed by atoms with Crippen molar-refractivity contribution in [3.8, 4) is 0 Å². The highest BCUT2D eigenvalue weighted by Crippen LogP contribution is 2.27. The average molecular weight is 394 g/mol. The molecule has 0 aliphatic rings. The van der Waals surface area contributed by atoms with Crippen molar-refractivity contribution < 1.29 is 9.59 Å². The van der Waals surface area contributed by atoms with Gasteiger partial charge in [-0.3, -0.25) is 9.59 Å². The van der Waals surface area contributed by atoms with E-state index in [9.17, 15) is 9.59 Å². The molecule has 2 aromatic carbocycles. The van der Waals surface area contributed by atoms with Gasteiger partial charge in [-0.25, -0.2) is 9.97 Å². The summed E-state index contributed by atoms with van der Waals surface area (Å²) in [6.45, 7) is 5.91. The van der Waals surface area contributed by atoms with E-state index in [2.05, 4.69) is 15.3 Å². The molecular formula is C22H23N3O2S. The number of aryl methyl sites for hydroxylation is 1. The first kappa shape index (κ1) is 20.0. The molecule has 144 valence electrons. The minimum Gasteiger partial charge on any atom is -0.356 e. The molecule has 1 aromatic heterocycles. The number of aromatic nitrogens is 2. The fourth-order valence-corrected chi connectivity index (χ4v) is 3.80. The Hall–Kier alpha value is -2.73. The van der Waals surface area contributed by atoms with Crippen LogP contribution in [0.4, 0.5) is 0 Å². The van der Waals surface area contributed by atoms with Gasteiger partial charge in [-0.2, -0.15) is 0 Å². The Morgan fingerprint density at radius 2 is 1.68 bits per heavy atom. The number of amides is 1. The molecule has 3 aromatic rings. The number of carbonyl (C=O) groups excluding carboxylic acids is 2. The van der Waals surface area contributed by atoms with E-state index in [-0.39, 0.29) is 16.9 Å². The van der Waals surface area contributed by atoms with Crippen molar-refractivity contribution in [2.45, 2.75) is 37.5 Å². The Labute approximate surface area is 169 Å². The summed E-state index contributed by atoms with van der Waals surface area (Å²) >= 11 is 1.44. The van der Waals surface area contributed by atoms with Crippen molar-refractivity contribution in [2.24, 2.45) is 0 Å². The van der Waals surface area contributed by atoms with Crippen LogP contribution in [0.5, 0.6) is 0 Å². The van der Waals surface area contributed by atoms with E-state index >= 15 is 0 Å². The zero-order valence-corrected chi connectivity index (χ0v) is 17.0. The van der Waals surface area contributed by atoms with Gasteiger partial charge in [-0.15, -0.1) is 0 Å². The lowest BCUT2D eigenvalue weighted by Gasteiger charge is -2.12. The topological polar surface area (TPSA) is 72.0 Å². The molecule has 6 heteroatoms. The van der Waals surface area contributed by atoms with Gasteiger partial charge in [0.05, 0.1) is 22.0 Å². The second-order valence-corrected chi connectivity index (χ2v) is 7.99. The molecule has 3 rings (SSSR count). The van der Waals surface area contributed by atoms with Crippen LogP contribution in [0.2, 0.25) is 0 Å². The van der Waals surface area contributed by atoms with Crippen molar-refractivity contribution >= 4 is 34.5 Å². The molecule has 5 nitrogen and oxygen atoms in total. The van der Waals surface area contributed by atoms with Crippen LogP contribution in [0.15, 0.2) is 53.6 Å². The molecule has 0 aliphatic heterocycles. The van der Waals surface area contributed by atoms with Gasteiger partial charge in [0.15, 0.2) is 5.78 Å². The van der Waals surface area contributed by atoms with Crippen molar-refractivity contribution in [1.82, 2.24) is 15.3 Å². The van der Waals surface area contributed by atoms with Crippen LogP contribution in [0.3, 0.4) is 0 Å². The van der Waals surface area contributed by atoms with E-state index in [1.807, 2.05) is 62.4 Å². The van der Waals surface area contributed by atoms with Gasteiger partial charge in [0, 0.05) is 19.0 Å². The predicted molar refractivity (Wildman–Crippen MR) is 113 cm³/mol. The Bertz CT molecular complexity index is 1000. The number of rotatable bonds is 7. The van der Waals surface area contributed by atoms with E-state index in [0.29, 0.717) is 12.1 Å². The molecule has 0 saturated heterocycles. The van der Waals surface area contributed by atoms with E-state index in [0.717, 1.165) is 33.7 Å². The summed E-state index contributed by atoms with van der Waals surface area (Å²) in [7, 11) is 0. The lowest BCUT2D eigenvalue weighted by atomic mass is 10.0. The minimum atomic E-state index is -0.264. The summed E-state index contributed by atoms with van der Waals surface area (Å²) in [5, 5.41) is 3.29. The second kappa shape index (κ2) is 8.97. The summed E-state index contributed by atoms with van der Waals surface area (Å²) in [4.78, 5) is 33.0. The van der Waals surface area contributed by atoms with Crippen molar-refractivity contribution in [3.05, 3.63) is 65.4 Å². The molecular weight excluding hydrogens is 370 g/mol. The van der Waals surface area contributed by atoms with Crippen LogP contribution >= 0.6 is 11.8 Å². The first-order chi connectivity index (χ1) is 13.4. The van der Waals surface area contributed by atoms with Gasteiger partial charge in [0.2, 0.25) is 5.91 Å². The Kier molecular flexibility index (Phi) is 6.41. The van der Waals surface area contributed by atoms with Crippen LogP contribution in [0, 0.1) is 6.92 Å². The monoisotopic (exact) mass is 393 g/mol. The SMILES string of the molecule is CC(=O)NCCc1ccc(C(=O)C(C)Sc2nc3ccccc3nc2C)cc1. The highest BCUT2D eigenvalue weighted by Gasteiger charge is 2.19. The molecule has 1 amide bonds. The van der Waals surface area contributed by atoms with Crippen LogP contribution in [0.1, 0.15) is 35.5 Å². The smallest absolute Gasteiger partial charge is 0.216 e. The first-order valence-corrected chi connectivity index (χ1v) is 10.1. The number of hydrogen-bond acceptors (Lipinski definition) is 5. The molecule has 1 heterocycles. The van der Waals surface area contributed by atoms with E-state index in [1.54, 1.807) is 0 Å². The lowest BCUT2D eigenvalue weighted by Crippen LogP contribution is -2.22. The number of nitrogens with zero attached hydrogens (tertiary/aromatic N) is 2. The van der Waals surface area contributed by atoms with Crippen molar-refractivity contribution in [3.63, 3.8) is 0 Å². The summed E-state index contributed by atoms with van der Waals surface area (Å²) < 4.78 is 0. The number of Topliss-reactive ketones (excluding diaryl/α,β-unsaturated/α-hetero) is 1. The Morgan fingerprint density at radius 1 is 1.04 bits per heavy atom. The number of ketones is 1. The molecule has 0 fully saturated rings. The quantitative estimate of drug-likeness (QED) is 0.486. The van der Waals surface area contributed by atoms with Gasteiger partial charge in [-0.1, -0.05) is 48.2 Å². The number of fused-ring (bicyclic) bond motifs is 1. The maximum absolute atomic E-state index is 12.8. The molecule has 1 unspecified atom stereocenters. The number of thioether (sulfide) groups is 1. The first-order valence-electron chi connectivity index (χ1n) is 9.21. The summed E-state index contributed by atoms with van der Waals surface area (Å²) in [6.07, 6.45) is 0.740. The zero-order chi connectivity index (χ0) is 20.1. The van der Waals surface area contributed by atoms with E-state index in [1.165, 1.54) is 18.7 Å². The normalized spacial score (nSPS) is 12.0. The van der Waals surface area contributed by atoms with Crippen LogP contribution in [0.25, 0.3) is 11.0 Å². The Morgan fingerprint density at radius 3 is 2.32 bits per heavy atom. The predicted octanol–water partition coefficient (Wildman–Crippen LogP) is 3.98. The van der Waals surface area contributed by atoms with E-state index in [4.69, 9.17) is 0 Å². The molecule has 1 N–H and O–H groups in total. The Balaban J connectivity index is 1.67. The largest absolute Gasteiger partial charge is 0.356 e.